The molecule has 0 bridgehead atoms. The molecule has 3 rings (SSSR count). The molecule has 0 aliphatic rings. The van der Waals surface area contributed by atoms with E-state index in [1.165, 1.54) is 18.3 Å². The number of rotatable bonds is 8. The number of aryl methyl sites for hydroxylation is 2. The molecule has 0 radical (unpaired) electrons. The summed E-state index contributed by atoms with van der Waals surface area (Å²) in [6, 6.07) is 20.6. The number of hydrogen-bond donors (Lipinski definition) is 1. The maximum atomic E-state index is 13.4. The number of nitrogens with zero attached hydrogens (tertiary/aromatic N) is 2. The second kappa shape index (κ2) is 10.1. The second-order valence-electron chi connectivity index (χ2n) is 7.18. The number of sulfonamides is 1. The van der Waals surface area contributed by atoms with Gasteiger partial charge >= 0.3 is 0 Å². The summed E-state index contributed by atoms with van der Waals surface area (Å²) in [6.45, 7) is 3.32. The Morgan fingerprint density at radius 3 is 2.47 bits per heavy atom. The standard InChI is InChI=1S/C24H25N3O4S/c1-18-12-13-23(19(2)14-18)27(32(29,30)22-10-5-4-6-11-22)17-24(28)26-25-16-20-8-7-9-21(15-20)31-3/h4-16H,17H2,1-3H3,(H,26,28)/b25-16+. The van der Waals surface area contributed by atoms with E-state index in [0.717, 1.165) is 21.0 Å². The van der Waals surface area contributed by atoms with Crippen molar-refractivity contribution in [3.05, 3.63) is 89.5 Å². The first-order valence-electron chi connectivity index (χ1n) is 9.92. The van der Waals surface area contributed by atoms with Crippen LogP contribution in [0.4, 0.5) is 5.69 Å². The van der Waals surface area contributed by atoms with Crippen LogP contribution in [0.2, 0.25) is 0 Å². The zero-order valence-corrected chi connectivity index (χ0v) is 19.0. The Morgan fingerprint density at radius 1 is 1.03 bits per heavy atom. The first-order chi connectivity index (χ1) is 15.3. The Hall–Kier alpha value is -3.65. The van der Waals surface area contributed by atoms with Crippen molar-refractivity contribution < 1.29 is 17.9 Å². The fraction of sp³-hybridized carbons (Fsp3) is 0.167. The molecule has 0 saturated heterocycles. The summed E-state index contributed by atoms with van der Waals surface area (Å²) < 4.78 is 33.0. The van der Waals surface area contributed by atoms with E-state index in [4.69, 9.17) is 4.74 Å². The van der Waals surface area contributed by atoms with Crippen molar-refractivity contribution in [1.29, 1.82) is 0 Å². The third-order valence-corrected chi connectivity index (χ3v) is 6.51. The van der Waals surface area contributed by atoms with Crippen molar-refractivity contribution in [2.75, 3.05) is 18.0 Å². The van der Waals surface area contributed by atoms with E-state index < -0.39 is 22.5 Å². The van der Waals surface area contributed by atoms with Gasteiger partial charge in [-0.25, -0.2) is 13.8 Å². The normalized spacial score (nSPS) is 11.3. The molecular weight excluding hydrogens is 426 g/mol. The predicted octanol–water partition coefficient (Wildman–Crippen LogP) is 3.66. The van der Waals surface area contributed by atoms with E-state index >= 15 is 0 Å². The second-order valence-corrected chi connectivity index (χ2v) is 9.05. The molecule has 0 unspecified atom stereocenters. The molecule has 0 saturated carbocycles. The molecule has 0 aromatic heterocycles. The van der Waals surface area contributed by atoms with Crippen LogP contribution in [-0.4, -0.2) is 34.2 Å². The van der Waals surface area contributed by atoms with Gasteiger partial charge in [0.05, 0.1) is 23.9 Å². The number of hydrogen-bond acceptors (Lipinski definition) is 5. The molecule has 0 atom stereocenters. The van der Waals surface area contributed by atoms with E-state index in [0.29, 0.717) is 11.4 Å². The van der Waals surface area contributed by atoms with Gasteiger partial charge < -0.3 is 4.74 Å². The average Bonchev–Trinajstić information content (AvgIpc) is 2.78. The summed E-state index contributed by atoms with van der Waals surface area (Å²) in [5.74, 6) is 0.0962. The maximum absolute atomic E-state index is 13.4. The summed E-state index contributed by atoms with van der Waals surface area (Å²) in [5, 5.41) is 3.95. The van der Waals surface area contributed by atoms with Crippen LogP contribution in [0.25, 0.3) is 0 Å². The molecule has 0 spiro atoms. The highest BCUT2D eigenvalue weighted by Gasteiger charge is 2.28. The summed E-state index contributed by atoms with van der Waals surface area (Å²) in [7, 11) is -2.40. The Morgan fingerprint density at radius 2 is 1.78 bits per heavy atom. The van der Waals surface area contributed by atoms with Gasteiger partial charge in [-0.2, -0.15) is 5.10 Å². The molecule has 3 aromatic carbocycles. The molecule has 166 valence electrons. The Balaban J connectivity index is 1.85. The quantitative estimate of drug-likeness (QED) is 0.418. The molecule has 1 N–H and O–H groups in total. The Bertz CT molecular complexity index is 1230. The van der Waals surface area contributed by atoms with Gasteiger partial charge in [0, 0.05) is 0 Å². The lowest BCUT2D eigenvalue weighted by Gasteiger charge is -2.25. The number of methoxy groups -OCH3 is 1. The molecule has 8 heteroatoms. The minimum absolute atomic E-state index is 0.104. The van der Waals surface area contributed by atoms with Crippen molar-refractivity contribution in [2.45, 2.75) is 18.7 Å². The topological polar surface area (TPSA) is 88.1 Å². The van der Waals surface area contributed by atoms with Gasteiger partial charge in [-0.3, -0.25) is 9.10 Å². The van der Waals surface area contributed by atoms with Crippen molar-refractivity contribution in [3.63, 3.8) is 0 Å². The van der Waals surface area contributed by atoms with E-state index in [9.17, 15) is 13.2 Å². The summed E-state index contributed by atoms with van der Waals surface area (Å²) in [4.78, 5) is 12.7. The summed E-state index contributed by atoms with van der Waals surface area (Å²) in [5.41, 5.74) is 5.32. The highest BCUT2D eigenvalue weighted by atomic mass is 32.2. The van der Waals surface area contributed by atoms with Gasteiger partial charge in [-0.05, 0) is 55.3 Å². The number of carbonyl (C=O) groups excluding carboxylic acids is 1. The maximum Gasteiger partial charge on any atom is 0.264 e. The molecule has 0 aliphatic heterocycles. The fourth-order valence-electron chi connectivity index (χ4n) is 3.17. The summed E-state index contributed by atoms with van der Waals surface area (Å²) >= 11 is 0. The molecule has 0 fully saturated rings. The molecule has 7 nitrogen and oxygen atoms in total. The monoisotopic (exact) mass is 451 g/mol. The molecule has 32 heavy (non-hydrogen) atoms. The smallest absolute Gasteiger partial charge is 0.264 e. The highest BCUT2D eigenvalue weighted by molar-refractivity contribution is 7.92. The van der Waals surface area contributed by atoms with Crippen LogP contribution in [0.3, 0.4) is 0 Å². The fourth-order valence-corrected chi connectivity index (χ4v) is 4.68. The van der Waals surface area contributed by atoms with Crippen LogP contribution in [0, 0.1) is 13.8 Å². The summed E-state index contributed by atoms with van der Waals surface area (Å²) in [6.07, 6.45) is 1.47. The lowest BCUT2D eigenvalue weighted by Crippen LogP contribution is -2.40. The predicted molar refractivity (Wildman–Crippen MR) is 126 cm³/mol. The molecular formula is C24H25N3O4S. The number of amides is 1. The third-order valence-electron chi connectivity index (χ3n) is 4.74. The number of ether oxygens (including phenoxy) is 1. The number of anilines is 1. The van der Waals surface area contributed by atoms with Crippen LogP contribution < -0.4 is 14.5 Å². The lowest BCUT2D eigenvalue weighted by atomic mass is 10.1. The van der Waals surface area contributed by atoms with Gasteiger partial charge in [-0.1, -0.05) is 48.0 Å². The van der Waals surface area contributed by atoms with Crippen LogP contribution in [0.1, 0.15) is 16.7 Å². The average molecular weight is 452 g/mol. The van der Waals surface area contributed by atoms with Crippen LogP contribution in [-0.2, 0) is 14.8 Å². The van der Waals surface area contributed by atoms with Gasteiger partial charge in [0.1, 0.15) is 12.3 Å². The van der Waals surface area contributed by atoms with Crippen molar-refractivity contribution in [2.24, 2.45) is 5.10 Å². The largest absolute Gasteiger partial charge is 0.497 e. The van der Waals surface area contributed by atoms with E-state index in [1.54, 1.807) is 55.6 Å². The van der Waals surface area contributed by atoms with E-state index in [-0.39, 0.29) is 4.90 Å². The number of hydrazone groups is 1. The number of carbonyl (C=O) groups is 1. The third kappa shape index (κ3) is 5.53. The van der Waals surface area contributed by atoms with Crippen LogP contribution in [0.15, 0.2) is 82.8 Å². The zero-order chi connectivity index (χ0) is 23.1. The van der Waals surface area contributed by atoms with Gasteiger partial charge in [0.15, 0.2) is 0 Å². The number of benzene rings is 3. The van der Waals surface area contributed by atoms with Crippen molar-refractivity contribution in [3.8, 4) is 5.75 Å². The lowest BCUT2D eigenvalue weighted by molar-refractivity contribution is -0.119. The van der Waals surface area contributed by atoms with E-state index in [2.05, 4.69) is 10.5 Å². The van der Waals surface area contributed by atoms with Crippen molar-refractivity contribution in [1.82, 2.24) is 5.43 Å². The number of nitrogens with one attached hydrogen (secondary N) is 1. The van der Waals surface area contributed by atoms with E-state index in [1.807, 2.05) is 26.0 Å². The minimum Gasteiger partial charge on any atom is -0.497 e. The van der Waals surface area contributed by atoms with Gasteiger partial charge in [0.2, 0.25) is 0 Å². The molecule has 1 amide bonds. The highest BCUT2D eigenvalue weighted by Crippen LogP contribution is 2.27. The van der Waals surface area contributed by atoms with Crippen LogP contribution >= 0.6 is 0 Å². The zero-order valence-electron chi connectivity index (χ0n) is 18.1. The molecule has 0 aliphatic carbocycles. The SMILES string of the molecule is COc1cccc(/C=N/NC(=O)CN(c2ccc(C)cc2C)S(=O)(=O)c2ccccc2)c1. The first-order valence-corrected chi connectivity index (χ1v) is 11.4. The van der Waals surface area contributed by atoms with Gasteiger partial charge in [0.25, 0.3) is 15.9 Å². The van der Waals surface area contributed by atoms with Crippen molar-refractivity contribution >= 4 is 27.8 Å². The minimum atomic E-state index is -3.97. The molecule has 0 heterocycles. The van der Waals surface area contributed by atoms with Crippen LogP contribution in [0.5, 0.6) is 5.75 Å². The Labute approximate surface area is 188 Å². The first kappa shape index (κ1) is 23.0. The Kier molecular flexibility index (Phi) is 7.27. The van der Waals surface area contributed by atoms with Gasteiger partial charge in [-0.15, -0.1) is 0 Å². The molecule has 3 aromatic rings.